The SMILES string of the molecule is COc1ccc(-c2nc3n(c2C)CCCC3C(=O)O)cc1C. The van der Waals surface area contributed by atoms with E-state index < -0.39 is 11.9 Å². The Kier molecular flexibility index (Phi) is 3.64. The van der Waals surface area contributed by atoms with E-state index in [4.69, 9.17) is 4.74 Å². The van der Waals surface area contributed by atoms with E-state index in [2.05, 4.69) is 9.55 Å². The van der Waals surface area contributed by atoms with Crippen LogP contribution in [0.15, 0.2) is 18.2 Å². The summed E-state index contributed by atoms with van der Waals surface area (Å²) in [5, 5.41) is 9.40. The van der Waals surface area contributed by atoms with Crippen LogP contribution in [0.2, 0.25) is 0 Å². The molecule has 1 N–H and O–H groups in total. The number of aryl methyl sites for hydroxylation is 1. The summed E-state index contributed by atoms with van der Waals surface area (Å²) < 4.78 is 7.35. The summed E-state index contributed by atoms with van der Waals surface area (Å²) in [5.41, 5.74) is 3.95. The highest BCUT2D eigenvalue weighted by Crippen LogP contribution is 2.34. The number of aliphatic carboxylic acids is 1. The smallest absolute Gasteiger partial charge is 0.314 e. The van der Waals surface area contributed by atoms with Gasteiger partial charge in [-0.25, -0.2) is 4.98 Å². The van der Waals surface area contributed by atoms with Crippen molar-refractivity contribution in [3.8, 4) is 17.0 Å². The molecule has 1 aromatic heterocycles. The standard InChI is InChI=1S/C17H20N2O3/c1-10-9-12(6-7-14(10)22-3)15-11(2)19-8-4-5-13(17(20)21)16(19)18-15/h6-7,9,13H,4-5,8H2,1-3H3,(H,20,21). The van der Waals surface area contributed by atoms with E-state index in [-0.39, 0.29) is 0 Å². The largest absolute Gasteiger partial charge is 0.496 e. The van der Waals surface area contributed by atoms with Crippen LogP contribution in [0.25, 0.3) is 11.3 Å². The van der Waals surface area contributed by atoms with E-state index in [1.54, 1.807) is 7.11 Å². The molecule has 22 heavy (non-hydrogen) atoms. The number of aromatic nitrogens is 2. The Morgan fingerprint density at radius 2 is 2.18 bits per heavy atom. The van der Waals surface area contributed by atoms with Crippen molar-refractivity contribution < 1.29 is 14.6 Å². The number of carboxylic acid groups (broad SMARTS) is 1. The third-order valence-electron chi connectivity index (χ3n) is 4.40. The minimum atomic E-state index is -0.789. The van der Waals surface area contributed by atoms with Crippen molar-refractivity contribution in [1.29, 1.82) is 0 Å². The Morgan fingerprint density at radius 3 is 2.82 bits per heavy atom. The van der Waals surface area contributed by atoms with Crippen molar-refractivity contribution in [1.82, 2.24) is 9.55 Å². The number of rotatable bonds is 3. The highest BCUT2D eigenvalue weighted by molar-refractivity contribution is 5.76. The van der Waals surface area contributed by atoms with E-state index in [1.807, 2.05) is 32.0 Å². The molecule has 0 fully saturated rings. The second-order valence-electron chi connectivity index (χ2n) is 5.77. The molecule has 116 valence electrons. The summed E-state index contributed by atoms with van der Waals surface area (Å²) in [4.78, 5) is 16.1. The first kappa shape index (κ1) is 14.6. The average Bonchev–Trinajstić information content (AvgIpc) is 2.84. The summed E-state index contributed by atoms with van der Waals surface area (Å²) in [6.45, 7) is 4.84. The molecular formula is C17H20N2O3. The molecule has 5 heteroatoms. The molecule has 0 saturated heterocycles. The van der Waals surface area contributed by atoms with Crippen molar-refractivity contribution >= 4 is 5.97 Å². The zero-order valence-electron chi connectivity index (χ0n) is 13.1. The molecule has 0 saturated carbocycles. The first-order valence-electron chi connectivity index (χ1n) is 7.47. The second kappa shape index (κ2) is 5.48. The number of imidazole rings is 1. The molecule has 1 aliphatic heterocycles. The lowest BCUT2D eigenvalue weighted by Crippen LogP contribution is -2.22. The lowest BCUT2D eigenvalue weighted by atomic mass is 9.99. The summed E-state index contributed by atoms with van der Waals surface area (Å²) in [6.07, 6.45) is 1.54. The fraction of sp³-hybridized carbons (Fsp3) is 0.412. The second-order valence-corrected chi connectivity index (χ2v) is 5.77. The Labute approximate surface area is 129 Å². The molecule has 0 aliphatic carbocycles. The molecule has 1 unspecified atom stereocenters. The average molecular weight is 300 g/mol. The maximum absolute atomic E-state index is 11.4. The number of carboxylic acids is 1. The van der Waals surface area contributed by atoms with Gasteiger partial charge in [0.15, 0.2) is 0 Å². The molecule has 3 rings (SSSR count). The Balaban J connectivity index is 2.09. The summed E-state index contributed by atoms with van der Waals surface area (Å²) in [7, 11) is 1.65. The molecule has 1 aliphatic rings. The minimum absolute atomic E-state index is 0.499. The van der Waals surface area contributed by atoms with Gasteiger partial charge in [-0.2, -0.15) is 0 Å². The summed E-state index contributed by atoms with van der Waals surface area (Å²) in [5.74, 6) is 0.234. The van der Waals surface area contributed by atoms with Crippen molar-refractivity contribution in [2.75, 3.05) is 7.11 Å². The van der Waals surface area contributed by atoms with Gasteiger partial charge in [0.05, 0.1) is 12.8 Å². The molecule has 1 aromatic carbocycles. The van der Waals surface area contributed by atoms with Gasteiger partial charge in [-0.3, -0.25) is 4.79 Å². The molecule has 2 heterocycles. The van der Waals surface area contributed by atoms with Gasteiger partial charge in [-0.05, 0) is 50.5 Å². The van der Waals surface area contributed by atoms with Crippen LogP contribution >= 0.6 is 0 Å². The highest BCUT2D eigenvalue weighted by atomic mass is 16.5. The number of methoxy groups -OCH3 is 1. The topological polar surface area (TPSA) is 64.4 Å². The summed E-state index contributed by atoms with van der Waals surface area (Å²) >= 11 is 0. The molecule has 5 nitrogen and oxygen atoms in total. The van der Waals surface area contributed by atoms with Gasteiger partial charge in [0, 0.05) is 17.8 Å². The highest BCUT2D eigenvalue weighted by Gasteiger charge is 2.30. The van der Waals surface area contributed by atoms with Gasteiger partial charge in [-0.15, -0.1) is 0 Å². The number of carbonyl (C=O) groups is 1. The number of ether oxygens (including phenoxy) is 1. The predicted octanol–water partition coefficient (Wildman–Crippen LogP) is 3.14. The first-order chi connectivity index (χ1) is 10.5. The van der Waals surface area contributed by atoms with Crippen LogP contribution in [-0.2, 0) is 11.3 Å². The monoisotopic (exact) mass is 300 g/mol. The zero-order valence-corrected chi connectivity index (χ0v) is 13.1. The van der Waals surface area contributed by atoms with Crippen molar-refractivity contribution in [2.24, 2.45) is 0 Å². The van der Waals surface area contributed by atoms with Gasteiger partial charge in [0.2, 0.25) is 0 Å². The maximum Gasteiger partial charge on any atom is 0.314 e. The van der Waals surface area contributed by atoms with Gasteiger partial charge in [-0.1, -0.05) is 0 Å². The van der Waals surface area contributed by atoms with Gasteiger partial charge < -0.3 is 14.4 Å². The Morgan fingerprint density at radius 1 is 1.41 bits per heavy atom. The first-order valence-corrected chi connectivity index (χ1v) is 7.47. The Hall–Kier alpha value is -2.30. The molecule has 2 aromatic rings. The Bertz CT molecular complexity index is 734. The normalized spacial score (nSPS) is 17.1. The molecule has 0 amide bonds. The van der Waals surface area contributed by atoms with Crippen LogP contribution in [0.4, 0.5) is 0 Å². The third-order valence-corrected chi connectivity index (χ3v) is 4.40. The van der Waals surface area contributed by atoms with Gasteiger partial charge in [0.25, 0.3) is 0 Å². The predicted molar refractivity (Wildman–Crippen MR) is 83.3 cm³/mol. The number of hydrogen-bond acceptors (Lipinski definition) is 3. The molecular weight excluding hydrogens is 280 g/mol. The number of fused-ring (bicyclic) bond motifs is 1. The van der Waals surface area contributed by atoms with E-state index >= 15 is 0 Å². The number of nitrogens with zero attached hydrogens (tertiary/aromatic N) is 2. The zero-order chi connectivity index (χ0) is 15.9. The van der Waals surface area contributed by atoms with Crippen molar-refractivity contribution in [3.63, 3.8) is 0 Å². The molecule has 0 spiro atoms. The fourth-order valence-electron chi connectivity index (χ4n) is 3.22. The van der Waals surface area contributed by atoms with E-state index in [0.29, 0.717) is 12.2 Å². The maximum atomic E-state index is 11.4. The molecule has 1 atom stereocenters. The number of hydrogen-bond donors (Lipinski definition) is 1. The molecule has 0 radical (unpaired) electrons. The van der Waals surface area contributed by atoms with Crippen LogP contribution in [0.1, 0.15) is 35.8 Å². The number of benzene rings is 1. The summed E-state index contributed by atoms with van der Waals surface area (Å²) in [6, 6.07) is 5.94. The quantitative estimate of drug-likeness (QED) is 0.945. The van der Waals surface area contributed by atoms with Crippen LogP contribution in [0, 0.1) is 13.8 Å². The van der Waals surface area contributed by atoms with Gasteiger partial charge in [0.1, 0.15) is 17.5 Å². The van der Waals surface area contributed by atoms with Crippen LogP contribution in [0.3, 0.4) is 0 Å². The third kappa shape index (κ3) is 2.26. The lowest BCUT2D eigenvalue weighted by Gasteiger charge is -2.20. The van der Waals surface area contributed by atoms with E-state index in [1.165, 1.54) is 0 Å². The van der Waals surface area contributed by atoms with Crippen LogP contribution in [-0.4, -0.2) is 27.7 Å². The van der Waals surface area contributed by atoms with Crippen LogP contribution < -0.4 is 4.74 Å². The molecule has 0 bridgehead atoms. The lowest BCUT2D eigenvalue weighted by molar-refractivity contribution is -0.139. The van der Waals surface area contributed by atoms with Crippen LogP contribution in [0.5, 0.6) is 5.75 Å². The van der Waals surface area contributed by atoms with Crippen molar-refractivity contribution in [2.45, 2.75) is 39.2 Å². The van der Waals surface area contributed by atoms with E-state index in [9.17, 15) is 9.90 Å². The van der Waals surface area contributed by atoms with Crippen molar-refractivity contribution in [3.05, 3.63) is 35.3 Å². The van der Waals surface area contributed by atoms with Gasteiger partial charge >= 0.3 is 5.97 Å². The fourth-order valence-corrected chi connectivity index (χ4v) is 3.22. The minimum Gasteiger partial charge on any atom is -0.496 e. The van der Waals surface area contributed by atoms with E-state index in [0.717, 1.165) is 41.2 Å².